The van der Waals surface area contributed by atoms with Crippen molar-refractivity contribution in [3.8, 4) is 0 Å². The summed E-state index contributed by atoms with van der Waals surface area (Å²) in [5.74, 6) is 0. The van der Waals surface area contributed by atoms with Crippen molar-refractivity contribution < 1.29 is 37.2 Å². The Labute approximate surface area is 83.3 Å². The first-order valence-corrected chi connectivity index (χ1v) is 3.85. The molecule has 0 heterocycles. The number of hydrogen-bond acceptors (Lipinski definition) is 4. The van der Waals surface area contributed by atoms with Crippen LogP contribution in [0.3, 0.4) is 0 Å². The van der Waals surface area contributed by atoms with E-state index in [9.17, 15) is 0 Å². The number of rotatable bonds is 0. The SMILES string of the molecule is OB(O)O.OC1CCCCC1.[Cu]. The van der Waals surface area contributed by atoms with E-state index in [-0.39, 0.29) is 23.2 Å². The van der Waals surface area contributed by atoms with Crippen LogP contribution in [0.1, 0.15) is 32.1 Å². The van der Waals surface area contributed by atoms with E-state index < -0.39 is 7.32 Å². The summed E-state index contributed by atoms with van der Waals surface area (Å²) in [5, 5.41) is 30.4. The van der Waals surface area contributed by atoms with Crippen LogP contribution in [0.4, 0.5) is 0 Å². The van der Waals surface area contributed by atoms with Gasteiger partial charge in [0.1, 0.15) is 0 Å². The second-order valence-corrected chi connectivity index (χ2v) is 2.64. The Morgan fingerprint density at radius 3 is 1.42 bits per heavy atom. The standard InChI is InChI=1S/C6H12O.BH3O3.Cu/c7-6-4-2-1-3-5-6;2-1(3)4;/h6-7H,1-5H2;2-4H;. The molecule has 1 fully saturated rings. The minimum Gasteiger partial charge on any atom is -0.402 e. The number of hydrogen-bond donors (Lipinski definition) is 4. The minimum atomic E-state index is -2.17. The molecule has 0 aliphatic heterocycles. The van der Waals surface area contributed by atoms with Crippen LogP contribution in [0, 0.1) is 0 Å². The average molecular weight is 226 g/mol. The first-order chi connectivity index (χ1) is 5.13. The van der Waals surface area contributed by atoms with Gasteiger partial charge in [-0.25, -0.2) is 0 Å². The summed E-state index contributed by atoms with van der Waals surface area (Å²) in [7, 11) is -2.17. The molecule has 0 unspecified atom stereocenters. The van der Waals surface area contributed by atoms with Crippen LogP contribution in [0.2, 0.25) is 0 Å². The Balaban J connectivity index is 0. The predicted molar refractivity (Wildman–Crippen MR) is 41.5 cm³/mol. The Morgan fingerprint density at radius 1 is 0.917 bits per heavy atom. The maximum absolute atomic E-state index is 8.91. The Bertz CT molecular complexity index is 84.9. The molecule has 0 aromatic carbocycles. The Kier molecular flexibility index (Phi) is 11.8. The first kappa shape index (κ1) is 14.9. The molecule has 1 rings (SSSR count). The molecule has 0 saturated heterocycles. The van der Waals surface area contributed by atoms with E-state index >= 15 is 0 Å². The molecule has 1 saturated carbocycles. The fourth-order valence-corrected chi connectivity index (χ4v) is 1.08. The molecule has 0 spiro atoms. The van der Waals surface area contributed by atoms with Crippen molar-refractivity contribution in [1.29, 1.82) is 0 Å². The molecule has 4 nitrogen and oxygen atoms in total. The van der Waals surface area contributed by atoms with E-state index in [1.807, 2.05) is 0 Å². The van der Waals surface area contributed by atoms with Gasteiger partial charge in [-0.2, -0.15) is 0 Å². The van der Waals surface area contributed by atoms with E-state index in [0.29, 0.717) is 0 Å². The molecule has 0 atom stereocenters. The molecule has 4 N–H and O–H groups in total. The number of aliphatic hydroxyl groups is 1. The molecule has 0 aromatic heterocycles. The molecule has 77 valence electrons. The summed E-state index contributed by atoms with van der Waals surface area (Å²) >= 11 is 0. The van der Waals surface area contributed by atoms with Gasteiger partial charge in [-0.3, -0.25) is 0 Å². The molecule has 1 aliphatic carbocycles. The van der Waals surface area contributed by atoms with Gasteiger partial charge in [0, 0.05) is 17.1 Å². The molecule has 0 aromatic rings. The van der Waals surface area contributed by atoms with Crippen LogP contribution in [-0.4, -0.2) is 33.6 Å². The van der Waals surface area contributed by atoms with Crippen LogP contribution >= 0.6 is 0 Å². The molecule has 0 bridgehead atoms. The minimum absolute atomic E-state index is 0. The second kappa shape index (κ2) is 9.51. The van der Waals surface area contributed by atoms with Crippen LogP contribution in [-0.2, 0) is 17.1 Å². The van der Waals surface area contributed by atoms with Crippen molar-refractivity contribution in [3.05, 3.63) is 0 Å². The predicted octanol–water partition coefficient (Wildman–Crippen LogP) is -0.743. The van der Waals surface area contributed by atoms with Crippen molar-refractivity contribution in [2.24, 2.45) is 0 Å². The number of aliphatic hydroxyl groups excluding tert-OH is 1. The summed E-state index contributed by atoms with van der Waals surface area (Å²) in [6.45, 7) is 0. The Morgan fingerprint density at radius 2 is 1.25 bits per heavy atom. The maximum Gasteiger partial charge on any atom is 0.631 e. The quantitative estimate of drug-likeness (QED) is 0.409. The zero-order chi connectivity index (χ0) is 8.69. The van der Waals surface area contributed by atoms with Gasteiger partial charge in [-0.15, -0.1) is 0 Å². The van der Waals surface area contributed by atoms with Gasteiger partial charge < -0.3 is 20.2 Å². The van der Waals surface area contributed by atoms with Crippen LogP contribution in [0.25, 0.3) is 0 Å². The fraction of sp³-hybridized carbons (Fsp3) is 1.00. The summed E-state index contributed by atoms with van der Waals surface area (Å²) in [6, 6.07) is 0. The zero-order valence-electron chi connectivity index (χ0n) is 6.78. The molecule has 1 aliphatic rings. The zero-order valence-corrected chi connectivity index (χ0v) is 7.72. The van der Waals surface area contributed by atoms with E-state index in [4.69, 9.17) is 20.2 Å². The molecule has 0 amide bonds. The normalized spacial score (nSPS) is 17.0. The van der Waals surface area contributed by atoms with Crippen molar-refractivity contribution >= 4 is 7.32 Å². The van der Waals surface area contributed by atoms with Gasteiger partial charge in [0.15, 0.2) is 0 Å². The maximum atomic E-state index is 8.91. The van der Waals surface area contributed by atoms with Crippen molar-refractivity contribution in [3.63, 3.8) is 0 Å². The van der Waals surface area contributed by atoms with Gasteiger partial charge in [0.2, 0.25) is 0 Å². The molecular formula is C6H15BCuO4. The average Bonchev–Trinajstić information content (AvgIpc) is 1.87. The monoisotopic (exact) mass is 225 g/mol. The summed E-state index contributed by atoms with van der Waals surface area (Å²) in [6.07, 6.45) is 5.92. The van der Waals surface area contributed by atoms with Gasteiger partial charge in [-0.1, -0.05) is 19.3 Å². The van der Waals surface area contributed by atoms with E-state index in [1.54, 1.807) is 0 Å². The smallest absolute Gasteiger partial charge is 0.402 e. The summed E-state index contributed by atoms with van der Waals surface area (Å²) < 4.78 is 0. The van der Waals surface area contributed by atoms with Crippen LogP contribution in [0.5, 0.6) is 0 Å². The van der Waals surface area contributed by atoms with Crippen LogP contribution < -0.4 is 0 Å². The van der Waals surface area contributed by atoms with Crippen LogP contribution in [0.15, 0.2) is 0 Å². The van der Waals surface area contributed by atoms with E-state index in [2.05, 4.69) is 0 Å². The molecule has 12 heavy (non-hydrogen) atoms. The van der Waals surface area contributed by atoms with Gasteiger partial charge in [0.25, 0.3) is 0 Å². The third kappa shape index (κ3) is 13.0. The second-order valence-electron chi connectivity index (χ2n) is 2.64. The first-order valence-electron chi connectivity index (χ1n) is 3.85. The van der Waals surface area contributed by atoms with Gasteiger partial charge in [0.05, 0.1) is 6.10 Å². The third-order valence-corrected chi connectivity index (χ3v) is 1.57. The van der Waals surface area contributed by atoms with Gasteiger partial charge >= 0.3 is 7.32 Å². The summed E-state index contributed by atoms with van der Waals surface area (Å²) in [4.78, 5) is 0. The van der Waals surface area contributed by atoms with Crippen molar-refractivity contribution in [2.45, 2.75) is 38.2 Å². The van der Waals surface area contributed by atoms with Crippen molar-refractivity contribution in [1.82, 2.24) is 0 Å². The van der Waals surface area contributed by atoms with E-state index in [1.165, 1.54) is 19.3 Å². The largest absolute Gasteiger partial charge is 0.631 e. The van der Waals surface area contributed by atoms with E-state index in [0.717, 1.165) is 12.8 Å². The molecule has 6 heteroatoms. The summed E-state index contributed by atoms with van der Waals surface area (Å²) in [5.41, 5.74) is 0. The topological polar surface area (TPSA) is 80.9 Å². The third-order valence-electron chi connectivity index (χ3n) is 1.57. The van der Waals surface area contributed by atoms with Gasteiger partial charge in [-0.05, 0) is 12.8 Å². The molecule has 1 radical (unpaired) electrons. The van der Waals surface area contributed by atoms with Crippen molar-refractivity contribution in [2.75, 3.05) is 0 Å². The Hall–Kier alpha value is 0.424. The fourth-order valence-electron chi connectivity index (χ4n) is 1.08. The molecular weight excluding hydrogens is 210 g/mol.